The molecular weight excluding hydrogens is 412 g/mol. The van der Waals surface area contributed by atoms with Crippen molar-refractivity contribution in [3.05, 3.63) is 34.9 Å². The van der Waals surface area contributed by atoms with Gasteiger partial charge in [-0.05, 0) is 79.4 Å². The van der Waals surface area contributed by atoms with Gasteiger partial charge in [0.05, 0.1) is 0 Å². The van der Waals surface area contributed by atoms with E-state index in [1.54, 1.807) is 0 Å². The lowest BCUT2D eigenvalue weighted by Gasteiger charge is -2.59. The molecule has 0 spiro atoms. The summed E-state index contributed by atoms with van der Waals surface area (Å²) in [5.74, 6) is 1.90. The first-order valence-corrected chi connectivity index (χ1v) is 12.2. The molecular formula is C25H35BrO2. The standard InChI is InChI=1S/C25H35BrO2/c1-16-12-18(20-15-19(16)24(20,2)3)23-21(27)13-17(14-22(23)28)25(9-7-10-25)8-5-4-6-11-26/h12-14,18-20,27-28H,4-11,15H2,1-3H3/t18-,19-,20+/m0/s1. The van der Waals surface area contributed by atoms with Gasteiger partial charge in [-0.15, -0.1) is 0 Å². The van der Waals surface area contributed by atoms with Crippen LogP contribution in [0.4, 0.5) is 0 Å². The maximum atomic E-state index is 11.0. The Morgan fingerprint density at radius 1 is 1.07 bits per heavy atom. The van der Waals surface area contributed by atoms with E-state index >= 15 is 0 Å². The van der Waals surface area contributed by atoms with E-state index in [-0.39, 0.29) is 16.7 Å². The van der Waals surface area contributed by atoms with Gasteiger partial charge in [0.1, 0.15) is 11.5 Å². The average Bonchev–Trinajstić information content (AvgIpc) is 2.59. The molecule has 0 aromatic heterocycles. The molecule has 4 aliphatic rings. The van der Waals surface area contributed by atoms with Crippen LogP contribution in [-0.2, 0) is 5.41 Å². The minimum absolute atomic E-state index is 0.130. The molecule has 1 aromatic carbocycles. The number of fused-ring (bicyclic) bond motifs is 1. The second-order valence-corrected chi connectivity index (χ2v) is 11.0. The fourth-order valence-electron chi connectivity index (χ4n) is 6.43. The van der Waals surface area contributed by atoms with Gasteiger partial charge in [0, 0.05) is 16.8 Å². The topological polar surface area (TPSA) is 40.5 Å². The van der Waals surface area contributed by atoms with Crippen molar-refractivity contribution >= 4 is 15.9 Å². The van der Waals surface area contributed by atoms with Crippen LogP contribution in [0, 0.1) is 17.3 Å². The zero-order valence-electron chi connectivity index (χ0n) is 17.6. The molecule has 3 heteroatoms. The minimum Gasteiger partial charge on any atom is -0.507 e. The summed E-state index contributed by atoms with van der Waals surface area (Å²) in [7, 11) is 0. The van der Waals surface area contributed by atoms with Gasteiger partial charge in [0.2, 0.25) is 0 Å². The van der Waals surface area contributed by atoms with E-state index in [4.69, 9.17) is 0 Å². The van der Waals surface area contributed by atoms with Crippen molar-refractivity contribution in [2.24, 2.45) is 17.3 Å². The smallest absolute Gasteiger partial charge is 0.123 e. The zero-order chi connectivity index (χ0) is 20.1. The van der Waals surface area contributed by atoms with Crippen LogP contribution in [0.15, 0.2) is 23.8 Å². The maximum absolute atomic E-state index is 11.0. The van der Waals surface area contributed by atoms with Crippen LogP contribution in [-0.4, -0.2) is 15.5 Å². The lowest BCUT2D eigenvalue weighted by molar-refractivity contribution is -0.0198. The minimum atomic E-state index is 0.130. The second kappa shape index (κ2) is 7.38. The molecule has 1 aromatic rings. The van der Waals surface area contributed by atoms with Crippen LogP contribution in [0.1, 0.15) is 89.2 Å². The van der Waals surface area contributed by atoms with E-state index < -0.39 is 0 Å². The number of benzene rings is 1. The summed E-state index contributed by atoms with van der Waals surface area (Å²) < 4.78 is 0. The number of allylic oxidation sites excluding steroid dienone is 2. The van der Waals surface area contributed by atoms with Gasteiger partial charge in [0.25, 0.3) is 0 Å². The van der Waals surface area contributed by atoms with E-state index in [1.807, 2.05) is 12.1 Å². The Morgan fingerprint density at radius 3 is 2.25 bits per heavy atom. The summed E-state index contributed by atoms with van der Waals surface area (Å²) in [6.45, 7) is 6.90. The number of hydrogen-bond acceptors (Lipinski definition) is 2. The van der Waals surface area contributed by atoms with Crippen LogP contribution >= 0.6 is 15.9 Å². The fraction of sp³-hybridized carbons (Fsp3) is 0.680. The highest BCUT2D eigenvalue weighted by Gasteiger charge is 2.55. The Bertz CT molecular complexity index is 752. The normalized spacial score (nSPS) is 29.6. The van der Waals surface area contributed by atoms with Crippen LogP contribution in [0.2, 0.25) is 0 Å². The van der Waals surface area contributed by atoms with Crippen LogP contribution < -0.4 is 0 Å². The summed E-state index contributed by atoms with van der Waals surface area (Å²) in [5.41, 5.74) is 3.75. The monoisotopic (exact) mass is 446 g/mol. The van der Waals surface area contributed by atoms with E-state index in [0.717, 1.165) is 22.9 Å². The van der Waals surface area contributed by atoms with Gasteiger partial charge in [0.15, 0.2) is 0 Å². The van der Waals surface area contributed by atoms with Gasteiger partial charge >= 0.3 is 0 Å². The van der Waals surface area contributed by atoms with Crippen molar-refractivity contribution in [3.63, 3.8) is 0 Å². The molecule has 154 valence electrons. The molecule has 2 nitrogen and oxygen atoms in total. The lowest BCUT2D eigenvalue weighted by atomic mass is 9.45. The number of hydrogen-bond donors (Lipinski definition) is 2. The molecule has 2 bridgehead atoms. The molecule has 3 atom stereocenters. The molecule has 0 radical (unpaired) electrons. The van der Waals surface area contributed by atoms with E-state index in [0.29, 0.717) is 23.3 Å². The van der Waals surface area contributed by atoms with Crippen molar-refractivity contribution in [2.75, 3.05) is 5.33 Å². The largest absolute Gasteiger partial charge is 0.507 e. The number of phenolic OH excluding ortho intramolecular Hbond substituents is 2. The third-order valence-corrected chi connectivity index (χ3v) is 9.01. The van der Waals surface area contributed by atoms with Gasteiger partial charge < -0.3 is 10.2 Å². The van der Waals surface area contributed by atoms with Crippen molar-refractivity contribution in [2.45, 2.75) is 83.5 Å². The Labute approximate surface area is 178 Å². The van der Waals surface area contributed by atoms with E-state index in [9.17, 15) is 10.2 Å². The molecule has 28 heavy (non-hydrogen) atoms. The lowest BCUT2D eigenvalue weighted by Crippen LogP contribution is -2.50. The number of unbranched alkanes of at least 4 members (excludes halogenated alkanes) is 2. The molecule has 4 aliphatic carbocycles. The zero-order valence-corrected chi connectivity index (χ0v) is 19.2. The summed E-state index contributed by atoms with van der Waals surface area (Å²) in [6.07, 6.45) is 11.9. The maximum Gasteiger partial charge on any atom is 0.123 e. The SMILES string of the molecule is CC1=C[C@H](c2c(O)cc(C3(CCCCCBr)CCC3)cc2O)[C@H]2C[C@@H]1C2(C)C. The van der Waals surface area contributed by atoms with E-state index in [2.05, 4.69) is 42.8 Å². The molecule has 0 saturated heterocycles. The molecule has 2 fully saturated rings. The summed E-state index contributed by atoms with van der Waals surface area (Å²) in [4.78, 5) is 0. The van der Waals surface area contributed by atoms with Gasteiger partial charge in [-0.1, -0.05) is 60.7 Å². The fourth-order valence-corrected chi connectivity index (χ4v) is 6.83. The molecule has 0 heterocycles. The molecule has 0 aliphatic heterocycles. The van der Waals surface area contributed by atoms with Crippen LogP contribution in [0.5, 0.6) is 11.5 Å². The Morgan fingerprint density at radius 2 is 1.75 bits per heavy atom. The van der Waals surface area contributed by atoms with Gasteiger partial charge in [-0.25, -0.2) is 0 Å². The second-order valence-electron chi connectivity index (χ2n) is 10.2. The third-order valence-electron chi connectivity index (χ3n) is 8.45. The number of aromatic hydroxyl groups is 2. The number of rotatable bonds is 7. The summed E-state index contributed by atoms with van der Waals surface area (Å²) in [5, 5.41) is 23.1. The average molecular weight is 447 g/mol. The first-order valence-electron chi connectivity index (χ1n) is 11.1. The van der Waals surface area contributed by atoms with Crippen molar-refractivity contribution in [1.29, 1.82) is 0 Å². The quantitative estimate of drug-likeness (QED) is 0.264. The number of halogens is 1. The van der Waals surface area contributed by atoms with Crippen molar-refractivity contribution in [1.82, 2.24) is 0 Å². The Kier molecular flexibility index (Phi) is 5.35. The van der Waals surface area contributed by atoms with Gasteiger partial charge in [-0.2, -0.15) is 0 Å². The summed E-state index contributed by atoms with van der Waals surface area (Å²) in [6, 6.07) is 3.97. The molecule has 0 unspecified atom stereocenters. The van der Waals surface area contributed by atoms with Gasteiger partial charge in [-0.3, -0.25) is 0 Å². The van der Waals surface area contributed by atoms with E-state index in [1.165, 1.54) is 50.5 Å². The Balaban J connectivity index is 1.62. The molecule has 5 rings (SSSR count). The first kappa shape index (κ1) is 20.3. The molecule has 2 saturated carbocycles. The predicted molar refractivity (Wildman–Crippen MR) is 119 cm³/mol. The summed E-state index contributed by atoms with van der Waals surface area (Å²) >= 11 is 3.52. The van der Waals surface area contributed by atoms with Crippen molar-refractivity contribution in [3.8, 4) is 11.5 Å². The third kappa shape index (κ3) is 3.13. The number of alkyl halides is 1. The molecule has 0 amide bonds. The molecule has 2 N–H and O–H groups in total. The Hall–Kier alpha value is -0.960. The highest BCUT2D eigenvalue weighted by molar-refractivity contribution is 9.09. The van der Waals surface area contributed by atoms with Crippen LogP contribution in [0.3, 0.4) is 0 Å². The number of phenols is 2. The predicted octanol–water partition coefficient (Wildman–Crippen LogP) is 7.18. The highest BCUT2D eigenvalue weighted by Crippen LogP contribution is 2.65. The van der Waals surface area contributed by atoms with Crippen LogP contribution in [0.25, 0.3) is 0 Å². The van der Waals surface area contributed by atoms with Crippen molar-refractivity contribution < 1.29 is 10.2 Å². The highest BCUT2D eigenvalue weighted by atomic mass is 79.9. The first-order chi connectivity index (χ1) is 13.3.